The summed E-state index contributed by atoms with van der Waals surface area (Å²) in [5.74, 6) is 0.457. The molecule has 0 aliphatic rings. The van der Waals surface area contributed by atoms with E-state index in [1.54, 1.807) is 27.2 Å². The maximum absolute atomic E-state index is 12.9. The number of hydrogen-bond donors (Lipinski definition) is 1. The van der Waals surface area contributed by atoms with Gasteiger partial charge in [-0.25, -0.2) is 0 Å². The molecule has 0 amide bonds. The van der Waals surface area contributed by atoms with Crippen molar-refractivity contribution >= 4 is 40.9 Å². The van der Waals surface area contributed by atoms with Crippen LogP contribution in [0.5, 0.6) is 0 Å². The molecule has 2 heterocycles. The molecular formula is C16H11ClN4OS. The van der Waals surface area contributed by atoms with Crippen molar-refractivity contribution in [1.82, 2.24) is 19.2 Å². The van der Waals surface area contributed by atoms with Gasteiger partial charge < -0.3 is 0 Å². The molecule has 0 saturated heterocycles. The molecule has 4 aromatic rings. The smallest absolute Gasteiger partial charge is 0.263 e. The highest BCUT2D eigenvalue weighted by atomic mass is 35.5. The fourth-order valence-electron chi connectivity index (χ4n) is 2.68. The topological polar surface area (TPSA) is 52.2 Å². The fraction of sp³-hybridized carbons (Fsp3) is 0.0625. The van der Waals surface area contributed by atoms with Crippen molar-refractivity contribution in [3.8, 4) is 0 Å². The molecule has 0 saturated carbocycles. The van der Waals surface area contributed by atoms with Crippen LogP contribution in [0.4, 0.5) is 0 Å². The first kappa shape index (κ1) is 14.3. The summed E-state index contributed by atoms with van der Waals surface area (Å²) in [4.78, 5) is 12.9. The number of fused-ring (bicyclic) bond motifs is 3. The van der Waals surface area contributed by atoms with Crippen LogP contribution in [0.25, 0.3) is 16.7 Å². The van der Waals surface area contributed by atoms with E-state index in [-0.39, 0.29) is 5.56 Å². The van der Waals surface area contributed by atoms with Crippen LogP contribution in [-0.4, -0.2) is 19.2 Å². The highest BCUT2D eigenvalue weighted by Gasteiger charge is 2.15. The van der Waals surface area contributed by atoms with Crippen molar-refractivity contribution in [2.75, 3.05) is 0 Å². The van der Waals surface area contributed by atoms with Crippen LogP contribution in [0.1, 0.15) is 5.56 Å². The second kappa shape index (κ2) is 5.40. The monoisotopic (exact) mass is 342 g/mol. The van der Waals surface area contributed by atoms with Crippen LogP contribution < -0.4 is 5.56 Å². The van der Waals surface area contributed by atoms with E-state index in [4.69, 9.17) is 11.6 Å². The van der Waals surface area contributed by atoms with Crippen LogP contribution in [0.15, 0.2) is 58.5 Å². The Balaban J connectivity index is 2.09. The second-order valence-electron chi connectivity index (χ2n) is 5.17. The van der Waals surface area contributed by atoms with Crippen molar-refractivity contribution < 1.29 is 0 Å². The van der Waals surface area contributed by atoms with Gasteiger partial charge in [0.25, 0.3) is 5.56 Å². The molecular weight excluding hydrogens is 332 g/mol. The van der Waals surface area contributed by atoms with Crippen molar-refractivity contribution in [2.45, 2.75) is 11.7 Å². The molecule has 0 fully saturated rings. The van der Waals surface area contributed by atoms with Gasteiger partial charge in [0, 0.05) is 5.02 Å². The van der Waals surface area contributed by atoms with Crippen LogP contribution in [-0.2, 0) is 6.54 Å². The summed E-state index contributed by atoms with van der Waals surface area (Å²) < 4.78 is 3.33. The lowest BCUT2D eigenvalue weighted by Crippen LogP contribution is -2.24. The van der Waals surface area contributed by atoms with Gasteiger partial charge in [0.05, 0.1) is 17.4 Å². The lowest BCUT2D eigenvalue weighted by molar-refractivity contribution is 0.764. The molecule has 114 valence electrons. The van der Waals surface area contributed by atoms with E-state index < -0.39 is 0 Å². The summed E-state index contributed by atoms with van der Waals surface area (Å²) in [5.41, 5.74) is 1.54. The molecule has 4 rings (SSSR count). The first-order chi connectivity index (χ1) is 11.1. The molecule has 0 spiro atoms. The number of hydrogen-bond acceptors (Lipinski definition) is 4. The van der Waals surface area contributed by atoms with Crippen molar-refractivity contribution in [2.24, 2.45) is 0 Å². The van der Waals surface area contributed by atoms with E-state index in [0.29, 0.717) is 33.4 Å². The third-order valence-corrected chi connectivity index (χ3v) is 4.25. The maximum Gasteiger partial charge on any atom is 0.263 e. The minimum atomic E-state index is -0.153. The first-order valence-electron chi connectivity index (χ1n) is 6.95. The third-order valence-electron chi connectivity index (χ3n) is 3.73. The van der Waals surface area contributed by atoms with Crippen molar-refractivity contribution in [3.05, 3.63) is 69.5 Å². The van der Waals surface area contributed by atoms with E-state index in [0.717, 1.165) is 5.56 Å². The molecule has 0 unspecified atom stereocenters. The van der Waals surface area contributed by atoms with Gasteiger partial charge in [0.2, 0.25) is 5.78 Å². The fourth-order valence-corrected chi connectivity index (χ4v) is 3.09. The summed E-state index contributed by atoms with van der Waals surface area (Å²) >= 11 is 10.4. The SMILES string of the molecule is O=c1c2cc(Cl)ccc2n2c(S)nnc2n1Cc1ccccc1. The standard InChI is InChI=1S/C16H11ClN4OS/c17-11-6-7-13-12(8-11)14(22)20(9-10-4-2-1-3-5-10)15-18-19-16(23)21(13)15/h1-8H,9H2,(H,19,23). The molecule has 5 nitrogen and oxygen atoms in total. The zero-order valence-electron chi connectivity index (χ0n) is 11.8. The van der Waals surface area contributed by atoms with E-state index in [9.17, 15) is 4.79 Å². The Hall–Kier alpha value is -2.31. The Morgan fingerprint density at radius 2 is 1.87 bits per heavy atom. The second-order valence-corrected chi connectivity index (χ2v) is 6.01. The van der Waals surface area contributed by atoms with Gasteiger partial charge in [-0.05, 0) is 23.8 Å². The van der Waals surface area contributed by atoms with Gasteiger partial charge in [-0.3, -0.25) is 13.8 Å². The number of nitrogens with zero attached hydrogens (tertiary/aromatic N) is 4. The Kier molecular flexibility index (Phi) is 3.36. The molecule has 0 atom stereocenters. The average Bonchev–Trinajstić information content (AvgIpc) is 2.94. The van der Waals surface area contributed by atoms with Crippen LogP contribution in [0.2, 0.25) is 5.02 Å². The van der Waals surface area contributed by atoms with E-state index >= 15 is 0 Å². The molecule has 23 heavy (non-hydrogen) atoms. The Labute approximate surface area is 141 Å². The van der Waals surface area contributed by atoms with E-state index in [1.165, 1.54) is 0 Å². The molecule has 2 aromatic carbocycles. The van der Waals surface area contributed by atoms with Crippen LogP contribution in [0, 0.1) is 0 Å². The highest BCUT2D eigenvalue weighted by Crippen LogP contribution is 2.20. The van der Waals surface area contributed by atoms with E-state index in [2.05, 4.69) is 22.8 Å². The van der Waals surface area contributed by atoms with Gasteiger partial charge in [-0.2, -0.15) is 0 Å². The average molecular weight is 343 g/mol. The maximum atomic E-state index is 12.9. The molecule has 0 radical (unpaired) electrons. The van der Waals surface area contributed by atoms with Crippen molar-refractivity contribution in [3.63, 3.8) is 0 Å². The lowest BCUT2D eigenvalue weighted by Gasteiger charge is -2.11. The quantitative estimate of drug-likeness (QED) is 0.570. The summed E-state index contributed by atoms with van der Waals surface area (Å²) in [7, 11) is 0. The number of rotatable bonds is 2. The van der Waals surface area contributed by atoms with Crippen LogP contribution in [0.3, 0.4) is 0 Å². The van der Waals surface area contributed by atoms with Gasteiger partial charge in [-0.1, -0.05) is 41.9 Å². The zero-order valence-corrected chi connectivity index (χ0v) is 13.5. The zero-order chi connectivity index (χ0) is 16.0. The summed E-state index contributed by atoms with van der Waals surface area (Å²) in [6, 6.07) is 14.9. The van der Waals surface area contributed by atoms with Gasteiger partial charge in [-0.15, -0.1) is 22.8 Å². The van der Waals surface area contributed by atoms with Crippen molar-refractivity contribution in [1.29, 1.82) is 0 Å². The lowest BCUT2D eigenvalue weighted by atomic mass is 10.2. The van der Waals surface area contributed by atoms with Crippen LogP contribution >= 0.6 is 24.2 Å². The predicted octanol–water partition coefficient (Wildman–Crippen LogP) is 3.03. The third kappa shape index (κ3) is 2.31. The number of benzene rings is 2. The van der Waals surface area contributed by atoms with Gasteiger partial charge in [0.15, 0.2) is 5.16 Å². The summed E-state index contributed by atoms with van der Waals surface area (Å²) in [5, 5.41) is 9.55. The van der Waals surface area contributed by atoms with Gasteiger partial charge in [0.1, 0.15) is 0 Å². The summed E-state index contributed by atoms with van der Waals surface area (Å²) in [6.07, 6.45) is 0. The molecule has 0 bridgehead atoms. The minimum absolute atomic E-state index is 0.153. The first-order valence-corrected chi connectivity index (χ1v) is 7.78. The summed E-state index contributed by atoms with van der Waals surface area (Å²) in [6.45, 7) is 0.400. The molecule has 0 N–H and O–H groups in total. The van der Waals surface area contributed by atoms with E-state index in [1.807, 2.05) is 30.3 Å². The number of halogens is 1. The normalized spacial score (nSPS) is 11.4. The Morgan fingerprint density at radius 1 is 1.09 bits per heavy atom. The molecule has 0 aliphatic heterocycles. The Morgan fingerprint density at radius 3 is 2.65 bits per heavy atom. The number of aromatic nitrogens is 4. The molecule has 0 aliphatic carbocycles. The highest BCUT2D eigenvalue weighted by molar-refractivity contribution is 7.80. The molecule has 2 aromatic heterocycles. The van der Waals surface area contributed by atoms with Gasteiger partial charge >= 0.3 is 0 Å². The largest absolute Gasteiger partial charge is 0.272 e. The predicted molar refractivity (Wildman–Crippen MR) is 92.6 cm³/mol. The number of thiol groups is 1. The minimum Gasteiger partial charge on any atom is -0.272 e. The Bertz CT molecular complexity index is 1090. The molecule has 7 heteroatoms.